The first kappa shape index (κ1) is 12.2. The summed E-state index contributed by atoms with van der Waals surface area (Å²) in [5.41, 5.74) is 0.313. The summed E-state index contributed by atoms with van der Waals surface area (Å²) in [4.78, 5) is 0. The van der Waals surface area contributed by atoms with Crippen LogP contribution >= 0.6 is 22.6 Å². The molecule has 0 fully saturated rings. The molecule has 0 aromatic heterocycles. The summed E-state index contributed by atoms with van der Waals surface area (Å²) >= 11 is 2.41. The summed E-state index contributed by atoms with van der Waals surface area (Å²) in [6, 6.07) is 0. The molecular weight excluding hydrogens is 259 g/mol. The maximum atomic E-state index is 2.41. The normalized spacial score (nSPS) is 13.3. The lowest BCUT2D eigenvalue weighted by atomic mass is 9.96. The fourth-order valence-electron chi connectivity index (χ4n) is 0.714. The zero-order valence-electron chi connectivity index (χ0n) is 8.31. The van der Waals surface area contributed by atoms with E-state index >= 15 is 0 Å². The van der Waals surface area contributed by atoms with Gasteiger partial charge in [0.05, 0.1) is 0 Å². The van der Waals surface area contributed by atoms with Gasteiger partial charge in [0.25, 0.3) is 0 Å². The maximum absolute atomic E-state index is 2.41. The second kappa shape index (κ2) is 6.70. The number of hydrogen-bond acceptors (Lipinski definition) is 0. The Morgan fingerprint density at radius 1 is 1.17 bits per heavy atom. The zero-order valence-corrected chi connectivity index (χ0v) is 10.5. The molecule has 0 saturated carbocycles. The Balaban J connectivity index is 3.53. The molecule has 0 aliphatic carbocycles. The van der Waals surface area contributed by atoms with Gasteiger partial charge in [-0.3, -0.25) is 0 Å². The summed E-state index contributed by atoms with van der Waals surface area (Å²) in [5.74, 6) is 0. The molecule has 70 valence electrons. The van der Waals surface area contributed by atoms with E-state index in [1.165, 1.54) is 17.3 Å². The summed E-state index contributed by atoms with van der Waals surface area (Å²) in [6.45, 7) is 6.63. The van der Waals surface area contributed by atoms with E-state index in [0.29, 0.717) is 5.41 Å². The van der Waals surface area contributed by atoms with Gasteiger partial charge < -0.3 is 0 Å². The highest BCUT2D eigenvalue weighted by Crippen LogP contribution is 2.14. The first-order valence-corrected chi connectivity index (χ1v) is 5.99. The van der Waals surface area contributed by atoms with Crippen LogP contribution in [-0.2, 0) is 0 Å². The number of alkyl halides is 1. The van der Waals surface area contributed by atoms with Crippen LogP contribution < -0.4 is 0 Å². The van der Waals surface area contributed by atoms with E-state index in [1.807, 2.05) is 0 Å². The minimum atomic E-state index is 0.313. The van der Waals surface area contributed by atoms with Gasteiger partial charge in [-0.2, -0.15) is 0 Å². The molecule has 0 saturated heterocycles. The van der Waals surface area contributed by atoms with Gasteiger partial charge in [0.2, 0.25) is 0 Å². The topological polar surface area (TPSA) is 0 Å². The SMILES string of the molecule is CC(C)(C)C=CC=CCCCI. The van der Waals surface area contributed by atoms with Gasteiger partial charge in [-0.15, -0.1) is 0 Å². The number of allylic oxidation sites excluding steroid dienone is 4. The maximum Gasteiger partial charge on any atom is -0.000178 e. The molecule has 0 radical (unpaired) electrons. The highest BCUT2D eigenvalue weighted by atomic mass is 127. The van der Waals surface area contributed by atoms with Crippen LogP contribution in [0, 0.1) is 5.41 Å². The van der Waals surface area contributed by atoms with Crippen molar-refractivity contribution in [3.8, 4) is 0 Å². The summed E-state index contributed by atoms with van der Waals surface area (Å²) < 4.78 is 1.26. The van der Waals surface area contributed by atoms with Crippen LogP contribution in [0.4, 0.5) is 0 Å². The largest absolute Gasteiger partial charge is 0.0864 e. The fraction of sp³-hybridized carbons (Fsp3) is 0.636. The lowest BCUT2D eigenvalue weighted by molar-refractivity contribution is 0.544. The van der Waals surface area contributed by atoms with E-state index in [1.54, 1.807) is 0 Å². The molecule has 0 unspecified atom stereocenters. The van der Waals surface area contributed by atoms with Crippen LogP contribution in [0.15, 0.2) is 24.3 Å². The lowest BCUT2D eigenvalue weighted by Gasteiger charge is -2.09. The molecule has 0 heterocycles. The smallest absolute Gasteiger partial charge is 0.000178 e. The molecule has 0 aromatic rings. The van der Waals surface area contributed by atoms with Crippen LogP contribution in [0.25, 0.3) is 0 Å². The Morgan fingerprint density at radius 3 is 2.33 bits per heavy atom. The predicted octanol–water partition coefficient (Wildman–Crippen LogP) is 4.36. The summed E-state index contributed by atoms with van der Waals surface area (Å²) in [5, 5.41) is 0. The number of unbranched alkanes of at least 4 members (excludes halogenated alkanes) is 1. The van der Waals surface area contributed by atoms with Crippen LogP contribution in [0.2, 0.25) is 0 Å². The van der Waals surface area contributed by atoms with Gasteiger partial charge in [-0.05, 0) is 22.7 Å². The van der Waals surface area contributed by atoms with Crippen molar-refractivity contribution in [3.05, 3.63) is 24.3 Å². The Morgan fingerprint density at radius 2 is 1.83 bits per heavy atom. The van der Waals surface area contributed by atoms with Crippen LogP contribution in [0.1, 0.15) is 33.6 Å². The third-order valence-corrected chi connectivity index (χ3v) is 2.11. The number of hydrogen-bond donors (Lipinski definition) is 0. The molecule has 0 spiro atoms. The lowest BCUT2D eigenvalue weighted by Crippen LogP contribution is -1.97. The molecule has 0 amide bonds. The van der Waals surface area contributed by atoms with E-state index < -0.39 is 0 Å². The van der Waals surface area contributed by atoms with Crippen LogP contribution in [0.3, 0.4) is 0 Å². The molecule has 0 aliphatic heterocycles. The Hall–Kier alpha value is 0.210. The van der Waals surface area contributed by atoms with Crippen molar-refractivity contribution in [3.63, 3.8) is 0 Å². The van der Waals surface area contributed by atoms with Crippen molar-refractivity contribution in [1.82, 2.24) is 0 Å². The number of halogens is 1. The first-order chi connectivity index (χ1) is 5.56. The van der Waals surface area contributed by atoms with Gasteiger partial charge in [-0.1, -0.05) is 67.7 Å². The second-order valence-electron chi connectivity index (χ2n) is 3.98. The van der Waals surface area contributed by atoms with Gasteiger partial charge in [0.15, 0.2) is 0 Å². The monoisotopic (exact) mass is 278 g/mol. The van der Waals surface area contributed by atoms with Crippen molar-refractivity contribution in [1.29, 1.82) is 0 Å². The minimum Gasteiger partial charge on any atom is -0.0864 e. The van der Waals surface area contributed by atoms with E-state index in [-0.39, 0.29) is 0 Å². The molecule has 0 rings (SSSR count). The minimum absolute atomic E-state index is 0.313. The predicted molar refractivity (Wildman–Crippen MR) is 65.9 cm³/mol. The Kier molecular flexibility index (Phi) is 6.81. The van der Waals surface area contributed by atoms with Gasteiger partial charge in [0.1, 0.15) is 0 Å². The molecule has 0 N–H and O–H groups in total. The van der Waals surface area contributed by atoms with E-state index in [2.05, 4.69) is 67.7 Å². The van der Waals surface area contributed by atoms with Crippen molar-refractivity contribution in [2.45, 2.75) is 33.6 Å². The van der Waals surface area contributed by atoms with E-state index in [4.69, 9.17) is 0 Å². The molecule has 12 heavy (non-hydrogen) atoms. The Bertz CT molecular complexity index is 149. The summed E-state index contributed by atoms with van der Waals surface area (Å²) in [6.07, 6.45) is 11.3. The average Bonchev–Trinajstić information content (AvgIpc) is 1.94. The third kappa shape index (κ3) is 10.2. The van der Waals surface area contributed by atoms with Crippen LogP contribution in [0.5, 0.6) is 0 Å². The van der Waals surface area contributed by atoms with Gasteiger partial charge in [-0.25, -0.2) is 0 Å². The van der Waals surface area contributed by atoms with Gasteiger partial charge >= 0.3 is 0 Å². The highest BCUT2D eigenvalue weighted by Gasteiger charge is 2.01. The highest BCUT2D eigenvalue weighted by molar-refractivity contribution is 14.1. The molecule has 0 aromatic carbocycles. The second-order valence-corrected chi connectivity index (χ2v) is 5.06. The van der Waals surface area contributed by atoms with E-state index in [0.717, 1.165) is 0 Å². The number of rotatable bonds is 4. The van der Waals surface area contributed by atoms with Crippen molar-refractivity contribution >= 4 is 22.6 Å². The standard InChI is InChI=1S/C11H19I/c1-11(2,3)9-7-5-4-6-8-10-12/h4-5,7,9H,6,8,10H2,1-3H3. The summed E-state index contributed by atoms with van der Waals surface area (Å²) in [7, 11) is 0. The first-order valence-electron chi connectivity index (χ1n) is 4.46. The average molecular weight is 278 g/mol. The quantitative estimate of drug-likeness (QED) is 0.310. The molecular formula is C11H19I. The van der Waals surface area contributed by atoms with Gasteiger partial charge in [0, 0.05) is 0 Å². The Labute approximate surface area is 90.3 Å². The fourth-order valence-corrected chi connectivity index (χ4v) is 1.15. The van der Waals surface area contributed by atoms with Crippen LogP contribution in [-0.4, -0.2) is 4.43 Å². The molecule has 1 heteroatoms. The molecule has 0 nitrogen and oxygen atoms in total. The zero-order chi connectivity index (χ0) is 9.45. The van der Waals surface area contributed by atoms with Crippen molar-refractivity contribution in [2.75, 3.05) is 4.43 Å². The molecule has 0 bridgehead atoms. The molecule has 0 atom stereocenters. The third-order valence-electron chi connectivity index (χ3n) is 1.35. The van der Waals surface area contributed by atoms with Crippen molar-refractivity contribution < 1.29 is 0 Å². The van der Waals surface area contributed by atoms with E-state index in [9.17, 15) is 0 Å². The van der Waals surface area contributed by atoms with Crippen molar-refractivity contribution in [2.24, 2.45) is 5.41 Å². The molecule has 0 aliphatic rings.